The van der Waals surface area contributed by atoms with Gasteiger partial charge in [0.15, 0.2) is 0 Å². The van der Waals surface area contributed by atoms with E-state index in [1.54, 1.807) is 4.90 Å². The summed E-state index contributed by atoms with van der Waals surface area (Å²) in [6.07, 6.45) is 3.07. The van der Waals surface area contributed by atoms with Crippen LogP contribution in [0.25, 0.3) is 11.4 Å². The number of nitrogens with zero attached hydrogens (tertiary/aromatic N) is 4. The van der Waals surface area contributed by atoms with Crippen molar-refractivity contribution in [1.82, 2.24) is 19.7 Å². The summed E-state index contributed by atoms with van der Waals surface area (Å²) < 4.78 is 1.99. The Bertz CT molecular complexity index is 914. The van der Waals surface area contributed by atoms with E-state index in [0.29, 0.717) is 11.6 Å². The van der Waals surface area contributed by atoms with Crippen molar-refractivity contribution in [1.29, 1.82) is 0 Å². The van der Waals surface area contributed by atoms with Crippen molar-refractivity contribution in [2.24, 2.45) is 13.0 Å². The van der Waals surface area contributed by atoms with Crippen LogP contribution in [0.5, 0.6) is 0 Å². The van der Waals surface area contributed by atoms with Gasteiger partial charge < -0.3 is 14.4 Å². The number of H-pyrrole nitrogens is 1. The fourth-order valence-corrected chi connectivity index (χ4v) is 3.82. The lowest BCUT2D eigenvalue weighted by Crippen LogP contribution is -2.33. The fourth-order valence-electron chi connectivity index (χ4n) is 3.82. The van der Waals surface area contributed by atoms with Gasteiger partial charge in [0, 0.05) is 45.6 Å². The molecule has 3 heterocycles. The predicted molar refractivity (Wildman–Crippen MR) is 107 cm³/mol. The molecule has 0 unspecified atom stereocenters. The molecule has 1 saturated heterocycles. The molecule has 27 heavy (non-hydrogen) atoms. The van der Waals surface area contributed by atoms with Crippen molar-refractivity contribution in [3.05, 3.63) is 60.4 Å². The van der Waals surface area contributed by atoms with Crippen LogP contribution in [0, 0.1) is 5.92 Å². The smallest absolute Gasteiger partial charge is 0.271 e. The number of carbonyl (C=O) groups is 1. The van der Waals surface area contributed by atoms with Gasteiger partial charge in [-0.1, -0.05) is 18.2 Å². The van der Waals surface area contributed by atoms with Gasteiger partial charge in [-0.3, -0.25) is 9.89 Å². The molecule has 1 aliphatic heterocycles. The van der Waals surface area contributed by atoms with Crippen molar-refractivity contribution >= 4 is 11.6 Å². The highest BCUT2D eigenvalue weighted by molar-refractivity contribution is 5.93. The number of amides is 1. The number of aryl methyl sites for hydroxylation is 1. The first kappa shape index (κ1) is 17.4. The van der Waals surface area contributed by atoms with Gasteiger partial charge in [0.05, 0.1) is 5.69 Å². The van der Waals surface area contributed by atoms with Crippen LogP contribution in [-0.2, 0) is 7.05 Å². The number of aromatic amines is 1. The first-order chi connectivity index (χ1) is 13.1. The molecule has 1 atom stereocenters. The number of nitrogens with one attached hydrogen (secondary N) is 1. The van der Waals surface area contributed by atoms with Gasteiger partial charge in [-0.05, 0) is 42.7 Å². The van der Waals surface area contributed by atoms with Gasteiger partial charge >= 0.3 is 0 Å². The highest BCUT2D eigenvalue weighted by Crippen LogP contribution is 2.24. The predicted octanol–water partition coefficient (Wildman–Crippen LogP) is 3.01. The molecule has 1 aliphatic rings. The van der Waals surface area contributed by atoms with Crippen LogP contribution in [0.1, 0.15) is 16.9 Å². The molecule has 1 amide bonds. The number of benzene rings is 1. The standard InChI is InChI=1S/C21H25N5O/c1-24-11-6-9-20(24)18-13-19(23-22-18)21(27)25(2)14-16-10-12-26(15-16)17-7-4-3-5-8-17/h3-9,11,13,16H,10,12,14-15H2,1-2H3,(H,22,23)/t16-/m1/s1. The quantitative estimate of drug-likeness (QED) is 0.758. The molecule has 1 N–H and O–H groups in total. The summed E-state index contributed by atoms with van der Waals surface area (Å²) in [4.78, 5) is 17.0. The molecular formula is C21H25N5O. The molecule has 4 rings (SSSR count). The maximum atomic E-state index is 12.8. The SMILES string of the molecule is CN(C[C@H]1CCN(c2ccccc2)C1)C(=O)c1cc(-c2cccn2C)n[nH]1. The van der Waals surface area contributed by atoms with Gasteiger partial charge in [0.25, 0.3) is 5.91 Å². The maximum absolute atomic E-state index is 12.8. The van der Waals surface area contributed by atoms with E-state index in [2.05, 4.69) is 39.4 Å². The minimum absolute atomic E-state index is 0.0129. The third-order valence-electron chi connectivity index (χ3n) is 5.30. The summed E-state index contributed by atoms with van der Waals surface area (Å²) in [5, 5.41) is 7.20. The molecule has 0 spiro atoms. The van der Waals surface area contributed by atoms with Crippen LogP contribution < -0.4 is 4.90 Å². The molecule has 0 bridgehead atoms. The topological polar surface area (TPSA) is 57.2 Å². The Kier molecular flexibility index (Phi) is 4.71. The second kappa shape index (κ2) is 7.31. The first-order valence-electron chi connectivity index (χ1n) is 9.34. The fraction of sp³-hybridized carbons (Fsp3) is 0.333. The van der Waals surface area contributed by atoms with Crippen LogP contribution in [0.4, 0.5) is 5.69 Å². The average molecular weight is 363 g/mol. The zero-order chi connectivity index (χ0) is 18.8. The zero-order valence-corrected chi connectivity index (χ0v) is 15.8. The van der Waals surface area contributed by atoms with Crippen LogP contribution in [-0.4, -0.2) is 52.3 Å². The van der Waals surface area contributed by atoms with E-state index >= 15 is 0 Å². The molecule has 2 aromatic heterocycles. The Balaban J connectivity index is 1.38. The van der Waals surface area contributed by atoms with E-state index in [1.165, 1.54) is 5.69 Å². The number of carbonyl (C=O) groups excluding carboxylic acids is 1. The lowest BCUT2D eigenvalue weighted by atomic mass is 10.1. The first-order valence-corrected chi connectivity index (χ1v) is 9.34. The Morgan fingerprint density at radius 3 is 2.81 bits per heavy atom. The minimum Gasteiger partial charge on any atom is -0.371 e. The molecule has 0 aliphatic carbocycles. The molecule has 1 aromatic carbocycles. The molecule has 1 fully saturated rings. The van der Waals surface area contributed by atoms with Gasteiger partial charge in [-0.25, -0.2) is 0 Å². The number of rotatable bonds is 5. The number of anilines is 1. The van der Waals surface area contributed by atoms with E-state index in [0.717, 1.165) is 37.4 Å². The molecule has 0 radical (unpaired) electrons. The molecular weight excluding hydrogens is 338 g/mol. The number of para-hydroxylation sites is 1. The highest BCUT2D eigenvalue weighted by Gasteiger charge is 2.26. The van der Waals surface area contributed by atoms with Crippen molar-refractivity contribution in [3.63, 3.8) is 0 Å². The van der Waals surface area contributed by atoms with Crippen molar-refractivity contribution in [2.45, 2.75) is 6.42 Å². The van der Waals surface area contributed by atoms with Crippen molar-refractivity contribution in [3.8, 4) is 11.4 Å². The van der Waals surface area contributed by atoms with E-state index in [1.807, 2.05) is 49.1 Å². The van der Waals surface area contributed by atoms with Crippen LogP contribution in [0.15, 0.2) is 54.7 Å². The molecule has 3 aromatic rings. The van der Waals surface area contributed by atoms with E-state index in [9.17, 15) is 4.79 Å². The van der Waals surface area contributed by atoms with Gasteiger partial charge in [-0.2, -0.15) is 5.10 Å². The summed E-state index contributed by atoms with van der Waals surface area (Å²) in [5.41, 5.74) is 3.57. The summed E-state index contributed by atoms with van der Waals surface area (Å²) in [7, 11) is 3.84. The third kappa shape index (κ3) is 3.60. The second-order valence-corrected chi connectivity index (χ2v) is 7.29. The van der Waals surface area contributed by atoms with Gasteiger partial charge in [0.2, 0.25) is 0 Å². The second-order valence-electron chi connectivity index (χ2n) is 7.29. The Morgan fingerprint density at radius 1 is 1.26 bits per heavy atom. The van der Waals surface area contributed by atoms with Gasteiger partial charge in [0.1, 0.15) is 11.4 Å². The number of hydrogen-bond acceptors (Lipinski definition) is 3. The number of aromatic nitrogens is 3. The zero-order valence-electron chi connectivity index (χ0n) is 15.8. The lowest BCUT2D eigenvalue weighted by molar-refractivity contribution is 0.0770. The highest BCUT2D eigenvalue weighted by atomic mass is 16.2. The molecule has 6 heteroatoms. The monoisotopic (exact) mass is 363 g/mol. The van der Waals surface area contributed by atoms with Crippen molar-refractivity contribution in [2.75, 3.05) is 31.6 Å². The maximum Gasteiger partial charge on any atom is 0.271 e. The largest absolute Gasteiger partial charge is 0.371 e. The van der Waals surface area contributed by atoms with Crippen LogP contribution in [0.2, 0.25) is 0 Å². The van der Waals surface area contributed by atoms with Crippen LogP contribution in [0.3, 0.4) is 0 Å². The molecule has 6 nitrogen and oxygen atoms in total. The average Bonchev–Trinajstić information content (AvgIpc) is 3.42. The Morgan fingerprint density at radius 2 is 2.07 bits per heavy atom. The lowest BCUT2D eigenvalue weighted by Gasteiger charge is -2.22. The van der Waals surface area contributed by atoms with Crippen LogP contribution >= 0.6 is 0 Å². The summed E-state index contributed by atoms with van der Waals surface area (Å²) in [5.74, 6) is 0.468. The Labute approximate surface area is 159 Å². The van der Waals surface area contributed by atoms with E-state index in [-0.39, 0.29) is 5.91 Å². The normalized spacial score (nSPS) is 16.7. The van der Waals surface area contributed by atoms with E-state index < -0.39 is 0 Å². The third-order valence-corrected chi connectivity index (χ3v) is 5.30. The number of hydrogen-bond donors (Lipinski definition) is 1. The minimum atomic E-state index is -0.0129. The summed E-state index contributed by atoms with van der Waals surface area (Å²) in [6, 6.07) is 16.3. The van der Waals surface area contributed by atoms with E-state index in [4.69, 9.17) is 0 Å². The molecule has 0 saturated carbocycles. The van der Waals surface area contributed by atoms with Crippen molar-refractivity contribution < 1.29 is 4.79 Å². The summed E-state index contributed by atoms with van der Waals surface area (Å²) in [6.45, 7) is 2.78. The molecule has 140 valence electrons. The summed E-state index contributed by atoms with van der Waals surface area (Å²) >= 11 is 0. The Hall–Kier alpha value is -3.02. The van der Waals surface area contributed by atoms with Gasteiger partial charge in [-0.15, -0.1) is 0 Å².